The molecular weight excluding hydrogens is 440 g/mol. The molecule has 6 heteroatoms. The van der Waals surface area contributed by atoms with Crippen LogP contribution in [0.4, 0.5) is 5.69 Å². The number of benzene rings is 3. The second kappa shape index (κ2) is 10.4. The van der Waals surface area contributed by atoms with Crippen LogP contribution in [-0.4, -0.2) is 23.4 Å². The Hall–Kier alpha value is -4.19. The van der Waals surface area contributed by atoms with Crippen LogP contribution in [0.15, 0.2) is 77.7 Å². The lowest BCUT2D eigenvalue weighted by molar-refractivity contribution is -0.116. The van der Waals surface area contributed by atoms with Crippen molar-refractivity contribution in [3.05, 3.63) is 105 Å². The maximum Gasteiger partial charge on any atom is 0.244 e. The van der Waals surface area contributed by atoms with Gasteiger partial charge in [-0.3, -0.25) is 14.4 Å². The van der Waals surface area contributed by atoms with Crippen LogP contribution in [0.1, 0.15) is 40.9 Å². The largest absolute Gasteiger partial charge is 0.495 e. The van der Waals surface area contributed by atoms with Crippen LogP contribution >= 0.6 is 0 Å². The molecule has 3 aromatic carbocycles. The van der Waals surface area contributed by atoms with Crippen molar-refractivity contribution in [3.8, 4) is 5.75 Å². The maximum absolute atomic E-state index is 13.4. The van der Waals surface area contributed by atoms with Crippen LogP contribution in [0.5, 0.6) is 5.75 Å². The summed E-state index contributed by atoms with van der Waals surface area (Å²) < 4.78 is 6.98. The molecular formula is C29H28N2O4. The summed E-state index contributed by atoms with van der Waals surface area (Å²) in [7, 11) is 1.54. The van der Waals surface area contributed by atoms with Crippen molar-refractivity contribution in [2.24, 2.45) is 0 Å². The van der Waals surface area contributed by atoms with E-state index in [-0.39, 0.29) is 29.2 Å². The molecule has 0 unspecified atom stereocenters. The van der Waals surface area contributed by atoms with E-state index in [9.17, 15) is 14.4 Å². The Labute approximate surface area is 204 Å². The van der Waals surface area contributed by atoms with Crippen LogP contribution in [0.25, 0.3) is 10.9 Å². The first-order valence-corrected chi connectivity index (χ1v) is 11.7. The Balaban J connectivity index is 1.77. The number of hydrogen-bond acceptors (Lipinski definition) is 4. The van der Waals surface area contributed by atoms with Gasteiger partial charge < -0.3 is 14.6 Å². The van der Waals surface area contributed by atoms with E-state index in [0.29, 0.717) is 27.9 Å². The molecule has 0 radical (unpaired) electrons. The van der Waals surface area contributed by atoms with E-state index in [4.69, 9.17) is 4.74 Å². The summed E-state index contributed by atoms with van der Waals surface area (Å²) in [6.45, 7) is 3.97. The van der Waals surface area contributed by atoms with Gasteiger partial charge >= 0.3 is 0 Å². The summed E-state index contributed by atoms with van der Waals surface area (Å²) >= 11 is 0. The summed E-state index contributed by atoms with van der Waals surface area (Å²) in [4.78, 5) is 39.7. The monoisotopic (exact) mass is 468 g/mol. The Bertz CT molecular complexity index is 1450. The van der Waals surface area contributed by atoms with Crippen molar-refractivity contribution < 1.29 is 14.3 Å². The van der Waals surface area contributed by atoms with E-state index in [1.807, 2.05) is 50.2 Å². The number of ketones is 1. The molecule has 0 saturated carbocycles. The SMILES string of the molecule is CCc1ccc(C(=O)c2cn(CC(=O)Nc3ccccc3OC)c3ccc(CC)cc3c2=O)cc1. The third kappa shape index (κ3) is 5.01. The molecule has 0 bridgehead atoms. The first-order valence-electron chi connectivity index (χ1n) is 11.7. The molecule has 0 saturated heterocycles. The lowest BCUT2D eigenvalue weighted by Crippen LogP contribution is -2.24. The average molecular weight is 469 g/mol. The average Bonchev–Trinajstić information content (AvgIpc) is 2.90. The number of methoxy groups -OCH3 is 1. The van der Waals surface area contributed by atoms with Gasteiger partial charge in [0.1, 0.15) is 12.3 Å². The second-order valence-corrected chi connectivity index (χ2v) is 8.33. The predicted molar refractivity (Wildman–Crippen MR) is 138 cm³/mol. The number of carbonyl (C=O) groups excluding carboxylic acids is 2. The van der Waals surface area contributed by atoms with Gasteiger partial charge in [-0.2, -0.15) is 0 Å². The topological polar surface area (TPSA) is 77.4 Å². The van der Waals surface area contributed by atoms with Gasteiger partial charge in [-0.25, -0.2) is 0 Å². The van der Waals surface area contributed by atoms with Gasteiger partial charge in [0.05, 0.1) is 23.9 Å². The fourth-order valence-corrected chi connectivity index (χ4v) is 4.10. The first-order chi connectivity index (χ1) is 16.9. The van der Waals surface area contributed by atoms with Gasteiger partial charge in [-0.1, -0.05) is 56.3 Å². The number of aromatic nitrogens is 1. The number of nitrogens with zero attached hydrogens (tertiary/aromatic N) is 1. The third-order valence-electron chi connectivity index (χ3n) is 6.12. The fourth-order valence-electron chi connectivity index (χ4n) is 4.10. The lowest BCUT2D eigenvalue weighted by Gasteiger charge is -2.15. The molecule has 0 atom stereocenters. The van der Waals surface area contributed by atoms with Crippen LogP contribution in [0.3, 0.4) is 0 Å². The normalized spacial score (nSPS) is 10.8. The van der Waals surface area contributed by atoms with Gasteiger partial charge in [-0.15, -0.1) is 0 Å². The Morgan fingerprint density at radius 1 is 0.914 bits per heavy atom. The molecule has 35 heavy (non-hydrogen) atoms. The van der Waals surface area contributed by atoms with E-state index in [1.165, 1.54) is 13.3 Å². The summed E-state index contributed by atoms with van der Waals surface area (Å²) in [5.41, 5.74) is 3.39. The van der Waals surface area contributed by atoms with E-state index in [1.54, 1.807) is 34.9 Å². The molecule has 0 spiro atoms. The first kappa shape index (κ1) is 24.0. The van der Waals surface area contributed by atoms with Crippen LogP contribution < -0.4 is 15.5 Å². The Kier molecular flexibility index (Phi) is 7.11. The molecule has 0 fully saturated rings. The third-order valence-corrected chi connectivity index (χ3v) is 6.12. The van der Waals surface area contributed by atoms with Crippen molar-refractivity contribution in [1.82, 2.24) is 4.57 Å². The van der Waals surface area contributed by atoms with Crippen LogP contribution in [0.2, 0.25) is 0 Å². The quantitative estimate of drug-likeness (QED) is 0.369. The molecule has 1 aromatic heterocycles. The number of amides is 1. The van der Waals surface area contributed by atoms with Gasteiger partial charge in [0.2, 0.25) is 11.3 Å². The van der Waals surface area contributed by atoms with Crippen molar-refractivity contribution >= 4 is 28.3 Å². The Morgan fingerprint density at radius 2 is 1.60 bits per heavy atom. The molecule has 0 aliphatic rings. The van der Waals surface area contributed by atoms with Gasteiger partial charge in [0.15, 0.2) is 5.78 Å². The summed E-state index contributed by atoms with van der Waals surface area (Å²) in [5, 5.41) is 3.28. The lowest BCUT2D eigenvalue weighted by atomic mass is 9.99. The molecule has 0 aliphatic heterocycles. The maximum atomic E-state index is 13.4. The smallest absolute Gasteiger partial charge is 0.244 e. The molecule has 0 aliphatic carbocycles. The van der Waals surface area contributed by atoms with Gasteiger partial charge in [0.25, 0.3) is 0 Å². The predicted octanol–water partition coefficient (Wildman–Crippen LogP) is 5.00. The van der Waals surface area contributed by atoms with Crippen molar-refractivity contribution in [1.29, 1.82) is 0 Å². The van der Waals surface area contributed by atoms with Gasteiger partial charge in [-0.05, 0) is 48.2 Å². The zero-order valence-corrected chi connectivity index (χ0v) is 20.1. The number of para-hydroxylation sites is 2. The van der Waals surface area contributed by atoms with Gasteiger partial charge in [0, 0.05) is 17.1 Å². The minimum absolute atomic E-state index is 0.0418. The van der Waals surface area contributed by atoms with Crippen LogP contribution in [-0.2, 0) is 24.2 Å². The number of carbonyl (C=O) groups is 2. The van der Waals surface area contributed by atoms with Crippen molar-refractivity contribution in [2.45, 2.75) is 33.2 Å². The number of hydrogen-bond donors (Lipinski definition) is 1. The van der Waals surface area contributed by atoms with E-state index < -0.39 is 0 Å². The molecule has 1 N–H and O–H groups in total. The highest BCUT2D eigenvalue weighted by Crippen LogP contribution is 2.23. The highest BCUT2D eigenvalue weighted by atomic mass is 16.5. The van der Waals surface area contributed by atoms with E-state index >= 15 is 0 Å². The molecule has 178 valence electrons. The number of fused-ring (bicyclic) bond motifs is 1. The zero-order chi connectivity index (χ0) is 24.9. The number of pyridine rings is 1. The number of nitrogens with one attached hydrogen (secondary N) is 1. The highest BCUT2D eigenvalue weighted by molar-refractivity contribution is 6.10. The second-order valence-electron chi connectivity index (χ2n) is 8.33. The standard InChI is InChI=1S/C29H28N2O4/c1-4-19-10-13-21(14-11-19)28(33)23-17-31(25-15-12-20(5-2)16-22(25)29(23)34)18-27(32)30-24-8-6-7-9-26(24)35-3/h6-17H,4-5,18H2,1-3H3,(H,30,32). The Morgan fingerprint density at radius 3 is 2.29 bits per heavy atom. The van der Waals surface area contributed by atoms with E-state index in [0.717, 1.165) is 24.0 Å². The summed E-state index contributed by atoms with van der Waals surface area (Å²) in [6.07, 6.45) is 3.10. The van der Waals surface area contributed by atoms with Crippen LogP contribution in [0, 0.1) is 0 Å². The number of anilines is 1. The van der Waals surface area contributed by atoms with E-state index in [2.05, 4.69) is 5.32 Å². The summed E-state index contributed by atoms with van der Waals surface area (Å²) in [5.74, 6) is -0.116. The van der Waals surface area contributed by atoms with Crippen molar-refractivity contribution in [2.75, 3.05) is 12.4 Å². The number of ether oxygens (including phenoxy) is 1. The number of aryl methyl sites for hydroxylation is 2. The zero-order valence-electron chi connectivity index (χ0n) is 20.1. The molecule has 1 heterocycles. The molecule has 4 aromatic rings. The highest BCUT2D eigenvalue weighted by Gasteiger charge is 2.19. The molecule has 6 nitrogen and oxygen atoms in total. The fraction of sp³-hybridized carbons (Fsp3) is 0.207. The minimum atomic E-state index is -0.361. The number of rotatable bonds is 8. The molecule has 4 rings (SSSR count). The minimum Gasteiger partial charge on any atom is -0.495 e. The molecule has 1 amide bonds. The van der Waals surface area contributed by atoms with Crippen molar-refractivity contribution in [3.63, 3.8) is 0 Å². The summed E-state index contributed by atoms with van der Waals surface area (Å²) in [6, 6.07) is 20.0.